The first-order valence-electron chi connectivity index (χ1n) is 5.69. The maximum Gasteiger partial charge on any atom is 0.178 e. The summed E-state index contributed by atoms with van der Waals surface area (Å²) in [6, 6.07) is 0.744. The average molecular weight is 258 g/mol. The molecule has 0 spiro atoms. The van der Waals surface area contributed by atoms with Crippen LogP contribution in [0, 0.1) is 11.6 Å². The Kier molecular flexibility index (Phi) is 3.36. The number of anilines is 2. The van der Waals surface area contributed by atoms with Crippen LogP contribution in [0.5, 0.6) is 0 Å². The van der Waals surface area contributed by atoms with E-state index in [-0.39, 0.29) is 17.7 Å². The second-order valence-electron chi connectivity index (χ2n) is 4.60. The fraction of sp³-hybridized carbons (Fsp3) is 0.545. The summed E-state index contributed by atoms with van der Waals surface area (Å²) in [6.07, 6.45) is 0.635. The number of nitrogens with two attached hydrogens (primary N) is 1. The smallest absolute Gasteiger partial charge is 0.178 e. The van der Waals surface area contributed by atoms with Crippen LogP contribution in [0.1, 0.15) is 20.3 Å². The summed E-state index contributed by atoms with van der Waals surface area (Å²) in [5, 5.41) is 2.96. The highest BCUT2D eigenvalue weighted by Gasteiger charge is 2.37. The molecule has 0 bridgehead atoms. The van der Waals surface area contributed by atoms with Gasteiger partial charge in [0.05, 0.1) is 11.6 Å². The number of pyridine rings is 1. The molecule has 1 saturated heterocycles. The summed E-state index contributed by atoms with van der Waals surface area (Å²) in [4.78, 5) is 3.78. The Balaban J connectivity index is 2.29. The van der Waals surface area contributed by atoms with E-state index in [9.17, 15) is 8.78 Å². The van der Waals surface area contributed by atoms with Gasteiger partial charge in [-0.1, -0.05) is 0 Å². The van der Waals surface area contributed by atoms with Gasteiger partial charge in [0.15, 0.2) is 23.3 Å². The Bertz CT molecular complexity index is 457. The van der Waals surface area contributed by atoms with Gasteiger partial charge >= 0.3 is 0 Å². The lowest BCUT2D eigenvalue weighted by Gasteiger charge is -2.29. The number of nitrogens with one attached hydrogen (secondary N) is 2. The average Bonchev–Trinajstić information content (AvgIpc) is 2.63. The van der Waals surface area contributed by atoms with E-state index in [2.05, 4.69) is 15.7 Å². The van der Waals surface area contributed by atoms with Crippen molar-refractivity contribution in [3.8, 4) is 0 Å². The van der Waals surface area contributed by atoms with E-state index in [0.717, 1.165) is 12.5 Å². The minimum atomic E-state index is -0.832. The molecule has 7 heteroatoms. The van der Waals surface area contributed by atoms with Crippen molar-refractivity contribution in [3.05, 3.63) is 17.7 Å². The highest BCUT2D eigenvalue weighted by molar-refractivity contribution is 5.48. The molecule has 2 unspecified atom stereocenters. The van der Waals surface area contributed by atoms with Crippen molar-refractivity contribution in [2.24, 2.45) is 5.84 Å². The van der Waals surface area contributed by atoms with E-state index in [0.29, 0.717) is 6.61 Å². The second kappa shape index (κ2) is 4.66. The van der Waals surface area contributed by atoms with Crippen LogP contribution in [0.4, 0.5) is 20.4 Å². The quantitative estimate of drug-likeness (QED) is 0.567. The molecular formula is C11H16F2N4O. The van der Waals surface area contributed by atoms with Gasteiger partial charge in [0.25, 0.3) is 0 Å². The van der Waals surface area contributed by atoms with Gasteiger partial charge in [-0.25, -0.2) is 19.6 Å². The van der Waals surface area contributed by atoms with Crippen molar-refractivity contribution >= 4 is 11.6 Å². The molecule has 18 heavy (non-hydrogen) atoms. The van der Waals surface area contributed by atoms with E-state index in [4.69, 9.17) is 10.6 Å². The van der Waals surface area contributed by atoms with Crippen LogP contribution in [0.25, 0.3) is 0 Å². The Labute approximate surface area is 104 Å². The Morgan fingerprint density at radius 2 is 2.11 bits per heavy atom. The van der Waals surface area contributed by atoms with Gasteiger partial charge in [-0.05, 0) is 20.3 Å². The number of hydrogen-bond donors (Lipinski definition) is 3. The number of aromatic nitrogens is 1. The molecular weight excluding hydrogens is 242 g/mol. The van der Waals surface area contributed by atoms with Gasteiger partial charge in [0, 0.05) is 12.7 Å². The number of hydrogen-bond acceptors (Lipinski definition) is 5. The minimum absolute atomic E-state index is 0.0378. The van der Waals surface area contributed by atoms with Crippen molar-refractivity contribution in [1.29, 1.82) is 0 Å². The number of rotatable bonds is 3. The summed E-state index contributed by atoms with van der Waals surface area (Å²) in [7, 11) is 0. The maximum atomic E-state index is 13.6. The van der Waals surface area contributed by atoms with Gasteiger partial charge in [-0.2, -0.15) is 0 Å². The zero-order chi connectivity index (χ0) is 13.3. The molecule has 1 aliphatic heterocycles. The zero-order valence-electron chi connectivity index (χ0n) is 10.3. The number of nitrogens with zero attached hydrogens (tertiary/aromatic N) is 1. The predicted molar refractivity (Wildman–Crippen MR) is 64.0 cm³/mol. The molecule has 0 radical (unpaired) electrons. The first-order chi connectivity index (χ1) is 8.46. The number of halogens is 2. The summed E-state index contributed by atoms with van der Waals surface area (Å²) < 4.78 is 32.3. The third-order valence-electron chi connectivity index (χ3n) is 3.36. The van der Waals surface area contributed by atoms with Gasteiger partial charge in [-0.3, -0.25) is 0 Å². The van der Waals surface area contributed by atoms with E-state index < -0.39 is 17.2 Å². The van der Waals surface area contributed by atoms with E-state index in [1.54, 1.807) is 0 Å². The van der Waals surface area contributed by atoms with Crippen molar-refractivity contribution in [1.82, 2.24) is 4.98 Å². The maximum absolute atomic E-state index is 13.6. The molecule has 0 aromatic carbocycles. The number of hydrazine groups is 1. The number of nitrogen functional groups attached to an aromatic ring is 1. The fourth-order valence-electron chi connectivity index (χ4n) is 1.92. The van der Waals surface area contributed by atoms with Gasteiger partial charge < -0.3 is 15.5 Å². The lowest BCUT2D eigenvalue weighted by Crippen LogP contribution is -2.41. The SMILES string of the molecule is CC1OCCC1(C)Nc1nc(NN)c(F)cc1F. The normalized spacial score (nSPS) is 27.3. The van der Waals surface area contributed by atoms with Crippen LogP contribution in [0.3, 0.4) is 0 Å². The molecule has 1 aromatic rings. The van der Waals surface area contributed by atoms with Crippen molar-refractivity contribution < 1.29 is 13.5 Å². The van der Waals surface area contributed by atoms with Gasteiger partial charge in [0.2, 0.25) is 0 Å². The van der Waals surface area contributed by atoms with Crippen molar-refractivity contribution in [2.75, 3.05) is 17.3 Å². The monoisotopic (exact) mass is 258 g/mol. The van der Waals surface area contributed by atoms with Crippen LogP contribution in [0.2, 0.25) is 0 Å². The molecule has 2 heterocycles. The summed E-state index contributed by atoms with van der Waals surface area (Å²) in [5.74, 6) is 3.28. The van der Waals surface area contributed by atoms with Crippen LogP contribution >= 0.6 is 0 Å². The summed E-state index contributed by atoms with van der Waals surface area (Å²) in [6.45, 7) is 4.39. The lowest BCUT2D eigenvalue weighted by atomic mass is 9.95. The molecule has 0 aliphatic carbocycles. The van der Waals surface area contributed by atoms with E-state index >= 15 is 0 Å². The summed E-state index contributed by atoms with van der Waals surface area (Å²) >= 11 is 0. The topological polar surface area (TPSA) is 72.2 Å². The van der Waals surface area contributed by atoms with E-state index in [1.165, 1.54) is 0 Å². The standard InChI is InChI=1S/C11H16F2N4O/c1-6-11(2,3-4-18-6)16-9-7(12)5-8(13)10(15-9)17-14/h5-6H,3-4,14H2,1-2H3,(H2,15,16,17). The highest BCUT2D eigenvalue weighted by Crippen LogP contribution is 2.30. The Morgan fingerprint density at radius 3 is 2.67 bits per heavy atom. The molecule has 1 aromatic heterocycles. The van der Waals surface area contributed by atoms with Crippen molar-refractivity contribution in [2.45, 2.75) is 31.9 Å². The van der Waals surface area contributed by atoms with Gasteiger partial charge in [0.1, 0.15) is 0 Å². The minimum Gasteiger partial charge on any atom is -0.376 e. The Hall–Kier alpha value is -1.47. The molecule has 1 aliphatic rings. The Morgan fingerprint density at radius 1 is 1.44 bits per heavy atom. The molecule has 4 N–H and O–H groups in total. The molecule has 0 amide bonds. The van der Waals surface area contributed by atoms with E-state index in [1.807, 2.05) is 13.8 Å². The third kappa shape index (κ3) is 2.23. The third-order valence-corrected chi connectivity index (χ3v) is 3.36. The lowest BCUT2D eigenvalue weighted by molar-refractivity contribution is 0.105. The first-order valence-corrected chi connectivity index (χ1v) is 5.69. The predicted octanol–water partition coefficient (Wildman–Crippen LogP) is 1.62. The first kappa shape index (κ1) is 13.0. The van der Waals surface area contributed by atoms with Crippen molar-refractivity contribution in [3.63, 3.8) is 0 Å². The molecule has 2 rings (SSSR count). The molecule has 100 valence electrons. The van der Waals surface area contributed by atoms with Gasteiger partial charge in [-0.15, -0.1) is 0 Å². The van der Waals surface area contributed by atoms with Crippen LogP contribution < -0.4 is 16.6 Å². The number of ether oxygens (including phenoxy) is 1. The molecule has 0 saturated carbocycles. The molecule has 5 nitrogen and oxygen atoms in total. The zero-order valence-corrected chi connectivity index (χ0v) is 10.3. The van der Waals surface area contributed by atoms with Crippen LogP contribution in [-0.2, 0) is 4.74 Å². The molecule has 2 atom stereocenters. The molecule has 1 fully saturated rings. The van der Waals surface area contributed by atoms with Crippen LogP contribution in [0.15, 0.2) is 6.07 Å². The summed E-state index contributed by atoms with van der Waals surface area (Å²) in [5.41, 5.74) is 1.65. The van der Waals surface area contributed by atoms with Crippen LogP contribution in [-0.4, -0.2) is 23.2 Å². The fourth-order valence-corrected chi connectivity index (χ4v) is 1.92. The second-order valence-corrected chi connectivity index (χ2v) is 4.60. The largest absolute Gasteiger partial charge is 0.376 e. The highest BCUT2D eigenvalue weighted by atomic mass is 19.1.